The lowest BCUT2D eigenvalue weighted by Crippen LogP contribution is -2.23. The monoisotopic (exact) mass is 195 g/mol. The van der Waals surface area contributed by atoms with E-state index in [-0.39, 0.29) is 0 Å². The Labute approximate surface area is 84.1 Å². The van der Waals surface area contributed by atoms with Gasteiger partial charge in [-0.05, 0) is 37.6 Å². The highest BCUT2D eigenvalue weighted by atomic mass is 35.5. The Morgan fingerprint density at radius 3 is 2.77 bits per heavy atom. The number of nitrogens with one attached hydrogen (secondary N) is 1. The van der Waals surface area contributed by atoms with Crippen LogP contribution in [0.15, 0.2) is 24.3 Å². The SMILES string of the molecule is CNCC1(c2cccc(Cl)c2)CC1. The van der Waals surface area contributed by atoms with Crippen molar-refractivity contribution in [3.8, 4) is 0 Å². The van der Waals surface area contributed by atoms with Gasteiger partial charge in [0.15, 0.2) is 0 Å². The molecule has 13 heavy (non-hydrogen) atoms. The average molecular weight is 196 g/mol. The highest BCUT2D eigenvalue weighted by Crippen LogP contribution is 2.47. The number of halogens is 1. The Hall–Kier alpha value is -0.530. The first kappa shape index (κ1) is 9.04. The zero-order chi connectivity index (χ0) is 9.31. The third kappa shape index (κ3) is 1.72. The largest absolute Gasteiger partial charge is 0.319 e. The van der Waals surface area contributed by atoms with Crippen LogP contribution in [0.5, 0.6) is 0 Å². The average Bonchev–Trinajstić information content (AvgIpc) is 2.86. The Kier molecular flexibility index (Phi) is 2.31. The van der Waals surface area contributed by atoms with Gasteiger partial charge in [0.25, 0.3) is 0 Å². The number of benzene rings is 1. The number of likely N-dealkylation sites (N-methyl/N-ethyl adjacent to an activating group) is 1. The second-order valence-corrected chi connectivity index (χ2v) is 4.26. The summed E-state index contributed by atoms with van der Waals surface area (Å²) in [5, 5.41) is 4.09. The standard InChI is InChI=1S/C11H14ClN/c1-13-8-11(5-6-11)9-3-2-4-10(12)7-9/h2-4,7,13H,5-6,8H2,1H3. The molecule has 1 aliphatic carbocycles. The summed E-state index contributed by atoms with van der Waals surface area (Å²) in [7, 11) is 2.00. The van der Waals surface area contributed by atoms with Crippen LogP contribution in [0.25, 0.3) is 0 Å². The van der Waals surface area contributed by atoms with E-state index in [9.17, 15) is 0 Å². The van der Waals surface area contributed by atoms with Crippen molar-refractivity contribution in [2.24, 2.45) is 0 Å². The topological polar surface area (TPSA) is 12.0 Å². The Bertz CT molecular complexity index is 305. The number of rotatable bonds is 3. The molecule has 0 unspecified atom stereocenters. The third-order valence-electron chi connectivity index (χ3n) is 2.81. The molecule has 0 atom stereocenters. The Morgan fingerprint density at radius 2 is 2.23 bits per heavy atom. The molecule has 0 aliphatic heterocycles. The molecule has 70 valence electrons. The fourth-order valence-corrected chi connectivity index (χ4v) is 2.07. The van der Waals surface area contributed by atoms with E-state index in [0.29, 0.717) is 5.41 Å². The van der Waals surface area contributed by atoms with Crippen LogP contribution in [0.1, 0.15) is 18.4 Å². The smallest absolute Gasteiger partial charge is 0.0408 e. The minimum atomic E-state index is 0.389. The van der Waals surface area contributed by atoms with Crippen LogP contribution >= 0.6 is 11.6 Å². The van der Waals surface area contributed by atoms with Gasteiger partial charge in [-0.15, -0.1) is 0 Å². The molecule has 0 bridgehead atoms. The van der Waals surface area contributed by atoms with Gasteiger partial charge in [-0.3, -0.25) is 0 Å². The minimum Gasteiger partial charge on any atom is -0.319 e. The summed E-state index contributed by atoms with van der Waals surface area (Å²) in [5.74, 6) is 0. The molecule has 1 aliphatic rings. The zero-order valence-electron chi connectivity index (χ0n) is 7.81. The van der Waals surface area contributed by atoms with Gasteiger partial charge in [0, 0.05) is 17.0 Å². The minimum absolute atomic E-state index is 0.389. The van der Waals surface area contributed by atoms with E-state index in [1.807, 2.05) is 19.2 Å². The molecular weight excluding hydrogens is 182 g/mol. The first-order chi connectivity index (χ1) is 6.27. The van der Waals surface area contributed by atoms with Crippen molar-refractivity contribution in [2.45, 2.75) is 18.3 Å². The molecule has 2 heteroatoms. The maximum Gasteiger partial charge on any atom is 0.0408 e. The molecule has 1 saturated carbocycles. The summed E-state index contributed by atoms with van der Waals surface area (Å²) in [6.45, 7) is 1.06. The first-order valence-corrected chi connectivity index (χ1v) is 5.05. The van der Waals surface area contributed by atoms with Gasteiger partial charge in [-0.1, -0.05) is 23.7 Å². The summed E-state index contributed by atoms with van der Waals surface area (Å²) in [6, 6.07) is 8.23. The van der Waals surface area contributed by atoms with Gasteiger partial charge in [0.2, 0.25) is 0 Å². The molecular formula is C11H14ClN. The first-order valence-electron chi connectivity index (χ1n) is 4.67. The normalized spacial score (nSPS) is 18.6. The molecule has 0 radical (unpaired) electrons. The summed E-state index contributed by atoms with van der Waals surface area (Å²) in [6.07, 6.45) is 2.57. The molecule has 2 rings (SSSR count). The van der Waals surface area contributed by atoms with Crippen molar-refractivity contribution in [1.29, 1.82) is 0 Å². The molecule has 0 amide bonds. The molecule has 1 aromatic carbocycles. The summed E-state index contributed by atoms with van der Waals surface area (Å²) in [4.78, 5) is 0. The molecule has 0 aromatic heterocycles. The fraction of sp³-hybridized carbons (Fsp3) is 0.455. The zero-order valence-corrected chi connectivity index (χ0v) is 8.56. The lowest BCUT2D eigenvalue weighted by molar-refractivity contribution is 0.624. The lowest BCUT2D eigenvalue weighted by Gasteiger charge is -2.14. The van der Waals surface area contributed by atoms with Crippen molar-refractivity contribution in [3.63, 3.8) is 0 Å². The highest BCUT2D eigenvalue weighted by Gasteiger charge is 2.43. The van der Waals surface area contributed by atoms with Gasteiger partial charge in [0.05, 0.1) is 0 Å². The predicted octanol–water partition coefficient (Wildman–Crippen LogP) is 2.59. The summed E-state index contributed by atoms with van der Waals surface area (Å²) < 4.78 is 0. The van der Waals surface area contributed by atoms with Gasteiger partial charge < -0.3 is 5.32 Å². The number of hydrogen-bond acceptors (Lipinski definition) is 1. The van der Waals surface area contributed by atoms with Gasteiger partial charge >= 0.3 is 0 Å². The molecule has 1 aromatic rings. The second-order valence-electron chi connectivity index (χ2n) is 3.82. The van der Waals surface area contributed by atoms with Crippen LogP contribution in [0.4, 0.5) is 0 Å². The van der Waals surface area contributed by atoms with Crippen molar-refractivity contribution < 1.29 is 0 Å². The van der Waals surface area contributed by atoms with E-state index in [0.717, 1.165) is 11.6 Å². The second kappa shape index (κ2) is 3.32. The third-order valence-corrected chi connectivity index (χ3v) is 3.04. The van der Waals surface area contributed by atoms with E-state index < -0.39 is 0 Å². The van der Waals surface area contributed by atoms with Crippen molar-refractivity contribution >= 4 is 11.6 Å². The predicted molar refractivity (Wildman–Crippen MR) is 56.3 cm³/mol. The summed E-state index contributed by atoms with van der Waals surface area (Å²) >= 11 is 5.96. The van der Waals surface area contributed by atoms with Gasteiger partial charge in [-0.2, -0.15) is 0 Å². The number of hydrogen-bond donors (Lipinski definition) is 1. The van der Waals surface area contributed by atoms with Crippen LogP contribution in [0.3, 0.4) is 0 Å². The highest BCUT2D eigenvalue weighted by molar-refractivity contribution is 6.30. The quantitative estimate of drug-likeness (QED) is 0.782. The van der Waals surface area contributed by atoms with E-state index in [1.54, 1.807) is 0 Å². The maximum absolute atomic E-state index is 5.96. The van der Waals surface area contributed by atoms with E-state index in [2.05, 4.69) is 17.4 Å². The molecule has 0 heterocycles. The van der Waals surface area contributed by atoms with Gasteiger partial charge in [-0.25, -0.2) is 0 Å². The van der Waals surface area contributed by atoms with Crippen LogP contribution in [0.2, 0.25) is 5.02 Å². The van der Waals surface area contributed by atoms with Crippen molar-refractivity contribution in [1.82, 2.24) is 5.32 Å². The van der Waals surface area contributed by atoms with E-state index >= 15 is 0 Å². The Morgan fingerprint density at radius 1 is 1.46 bits per heavy atom. The van der Waals surface area contributed by atoms with Crippen LogP contribution in [-0.4, -0.2) is 13.6 Å². The van der Waals surface area contributed by atoms with Crippen LogP contribution < -0.4 is 5.32 Å². The maximum atomic E-state index is 5.96. The van der Waals surface area contributed by atoms with Gasteiger partial charge in [0.1, 0.15) is 0 Å². The molecule has 0 spiro atoms. The van der Waals surface area contributed by atoms with Crippen molar-refractivity contribution in [3.05, 3.63) is 34.9 Å². The van der Waals surface area contributed by atoms with Crippen LogP contribution in [0, 0.1) is 0 Å². The molecule has 1 nitrogen and oxygen atoms in total. The summed E-state index contributed by atoms with van der Waals surface area (Å²) in [5.41, 5.74) is 1.77. The molecule has 1 fully saturated rings. The Balaban J connectivity index is 2.25. The van der Waals surface area contributed by atoms with Crippen LogP contribution in [-0.2, 0) is 5.41 Å². The fourth-order valence-electron chi connectivity index (χ4n) is 1.88. The lowest BCUT2D eigenvalue weighted by atomic mass is 9.96. The van der Waals surface area contributed by atoms with E-state index in [4.69, 9.17) is 11.6 Å². The molecule has 0 saturated heterocycles. The molecule has 1 N–H and O–H groups in total. The van der Waals surface area contributed by atoms with E-state index in [1.165, 1.54) is 18.4 Å². The van der Waals surface area contributed by atoms with Crippen molar-refractivity contribution in [2.75, 3.05) is 13.6 Å².